The molecule has 0 bridgehead atoms. The van der Waals surface area contributed by atoms with Crippen LogP contribution in [0.25, 0.3) is 33.9 Å². The lowest BCUT2D eigenvalue weighted by Gasteiger charge is -2.15. The maximum Gasteiger partial charge on any atom is 0.475 e. The molecule has 428 valence electrons. The molecule has 0 saturated heterocycles. The van der Waals surface area contributed by atoms with E-state index in [1.165, 1.54) is 34.4 Å². The van der Waals surface area contributed by atoms with Gasteiger partial charge >= 0.3 is 15.6 Å². The van der Waals surface area contributed by atoms with Gasteiger partial charge in [0.1, 0.15) is 23.8 Å². The lowest BCUT2D eigenvalue weighted by molar-refractivity contribution is -0.597. The number of alkyl halides is 1. The van der Waals surface area contributed by atoms with Crippen molar-refractivity contribution in [1.29, 1.82) is 0 Å². The van der Waals surface area contributed by atoms with E-state index in [9.17, 15) is 13.5 Å². The van der Waals surface area contributed by atoms with Gasteiger partial charge < -0.3 is 14.4 Å². The molecule has 8 rings (SSSR count). The summed E-state index contributed by atoms with van der Waals surface area (Å²) in [6, 6.07) is 14.2. The van der Waals surface area contributed by atoms with E-state index in [-0.39, 0.29) is 29.4 Å². The molecule has 0 radical (unpaired) electrons. The molecule has 0 amide bonds. The smallest absolute Gasteiger partial charge is 0.303 e. The van der Waals surface area contributed by atoms with Crippen molar-refractivity contribution in [2.75, 3.05) is 19.3 Å². The predicted octanol–water partition coefficient (Wildman–Crippen LogP) is 13.2. The van der Waals surface area contributed by atoms with Crippen LogP contribution in [0.1, 0.15) is 126 Å². The normalized spacial score (nSPS) is 12.2. The third-order valence-electron chi connectivity index (χ3n) is 11.9. The minimum absolute atomic E-state index is 0.0102. The molecule has 0 fully saturated rings. The Bertz CT molecular complexity index is 3360. The number of imidazole rings is 2. The predicted molar refractivity (Wildman–Crippen MR) is 305 cm³/mol. The van der Waals surface area contributed by atoms with Gasteiger partial charge in [0.05, 0.1) is 63.7 Å². The summed E-state index contributed by atoms with van der Waals surface area (Å²) in [6.07, 6.45) is 9.49. The second-order valence-corrected chi connectivity index (χ2v) is 25.4. The highest BCUT2D eigenvalue weighted by Gasteiger charge is 2.26. The summed E-state index contributed by atoms with van der Waals surface area (Å²) in [5, 5.41) is 15.3. The molecule has 0 saturated carbocycles. The maximum absolute atomic E-state index is 15.1. The molecular formula is C54H72ClF2N10O8P2S2+. The number of phosphoric acid groups is 2. The number of phosphoric ester groups is 2. The second-order valence-electron chi connectivity index (χ2n) is 20.4. The lowest BCUT2D eigenvalue weighted by atomic mass is 9.92. The maximum atomic E-state index is 15.1. The molecular weight excluding hydrogens is 1120 g/mol. The number of hydrogen-bond acceptors (Lipinski definition) is 13. The molecule has 0 aliphatic carbocycles. The first-order chi connectivity index (χ1) is 37.3. The van der Waals surface area contributed by atoms with Crippen molar-refractivity contribution in [2.45, 2.75) is 139 Å². The Labute approximate surface area is 474 Å². The van der Waals surface area contributed by atoms with E-state index >= 15 is 4.39 Å². The Kier molecular flexibility index (Phi) is 22.0. The van der Waals surface area contributed by atoms with E-state index in [1.54, 1.807) is 58.1 Å². The first-order valence-corrected chi connectivity index (χ1v) is 31.1. The van der Waals surface area contributed by atoms with Gasteiger partial charge in [-0.25, -0.2) is 42.0 Å². The van der Waals surface area contributed by atoms with Gasteiger partial charge in [0.25, 0.3) is 6.33 Å². The molecule has 2 N–H and O–H groups in total. The van der Waals surface area contributed by atoms with Crippen molar-refractivity contribution < 1.29 is 50.4 Å². The Balaban J connectivity index is 0.000000211. The van der Waals surface area contributed by atoms with E-state index < -0.39 is 21.5 Å². The topological polar surface area (TPSA) is 200 Å². The SMILES string of the molecule is CCCOP(=O)(OCCl)OCCC.CCn1nc(C(C)(C)C)cc1Cc1nc(-c2ccc(-[n+]3cc(C)n(COP(=O)(O)O)c3)c(F)c2)cs1.CCn1nc(C(C)(C)C)cc1Cc1nc(-c2ccc(-n3cnc(C)c3)c(F)c2)cs1. The Hall–Kier alpha value is -5.09. The molecule has 0 atom stereocenters. The van der Waals surface area contributed by atoms with Crippen LogP contribution in [0.5, 0.6) is 0 Å². The fourth-order valence-corrected chi connectivity index (χ4v) is 11.1. The first-order valence-electron chi connectivity index (χ1n) is 25.8. The van der Waals surface area contributed by atoms with E-state index in [4.69, 9.17) is 55.1 Å². The Morgan fingerprint density at radius 1 is 0.722 bits per heavy atom. The van der Waals surface area contributed by atoms with Gasteiger partial charge in [0.2, 0.25) is 6.73 Å². The van der Waals surface area contributed by atoms with Crippen LogP contribution < -0.4 is 4.57 Å². The Morgan fingerprint density at radius 2 is 1.24 bits per heavy atom. The minimum Gasteiger partial charge on any atom is -0.303 e. The van der Waals surface area contributed by atoms with E-state index in [1.807, 2.05) is 53.2 Å². The molecule has 8 aromatic rings. The van der Waals surface area contributed by atoms with Gasteiger partial charge in [-0.05, 0) is 76.1 Å². The summed E-state index contributed by atoms with van der Waals surface area (Å²) >= 11 is 8.42. The summed E-state index contributed by atoms with van der Waals surface area (Å²) in [4.78, 5) is 31.5. The van der Waals surface area contributed by atoms with Gasteiger partial charge in [0, 0.05) is 83.2 Å². The monoisotopic (exact) mass is 1190 g/mol. The molecule has 6 aromatic heterocycles. The van der Waals surface area contributed by atoms with Gasteiger partial charge in [-0.2, -0.15) is 14.8 Å². The number of rotatable bonds is 21. The van der Waals surface area contributed by atoms with E-state index in [0.717, 1.165) is 82.1 Å². The van der Waals surface area contributed by atoms with Crippen molar-refractivity contribution in [2.24, 2.45) is 0 Å². The number of hydrogen-bond donors (Lipinski definition) is 2. The molecule has 2 aromatic carbocycles. The molecule has 79 heavy (non-hydrogen) atoms. The summed E-state index contributed by atoms with van der Waals surface area (Å²) in [5.74, 6) is -0.739. The third-order valence-corrected chi connectivity index (χ3v) is 15.8. The molecule has 0 spiro atoms. The average Bonchev–Trinajstić information content (AvgIpc) is 4.30. The summed E-state index contributed by atoms with van der Waals surface area (Å²) in [6.45, 7) is 26.5. The minimum atomic E-state index is -4.61. The van der Waals surface area contributed by atoms with Crippen LogP contribution in [0.3, 0.4) is 0 Å². The van der Waals surface area contributed by atoms with Gasteiger partial charge in [-0.15, -0.1) is 22.7 Å². The molecule has 18 nitrogen and oxygen atoms in total. The summed E-state index contributed by atoms with van der Waals surface area (Å²) in [7, 11) is -7.99. The highest BCUT2D eigenvalue weighted by molar-refractivity contribution is 7.48. The van der Waals surface area contributed by atoms with E-state index in [2.05, 4.69) is 77.0 Å². The zero-order valence-corrected chi connectivity index (χ0v) is 51.0. The van der Waals surface area contributed by atoms with Crippen LogP contribution in [-0.2, 0) is 70.7 Å². The fourth-order valence-electron chi connectivity index (χ4n) is 7.67. The number of thiazole rings is 2. The average molecular weight is 1190 g/mol. The van der Waals surface area contributed by atoms with Crippen LogP contribution >= 0.6 is 49.9 Å². The van der Waals surface area contributed by atoms with Gasteiger partial charge in [-0.1, -0.05) is 73.1 Å². The number of benzene rings is 2. The highest BCUT2D eigenvalue weighted by Crippen LogP contribution is 2.49. The van der Waals surface area contributed by atoms with Crippen LogP contribution in [0.4, 0.5) is 8.78 Å². The molecule has 0 aliphatic heterocycles. The zero-order chi connectivity index (χ0) is 57.9. The van der Waals surface area contributed by atoms with Crippen LogP contribution in [0.15, 0.2) is 84.3 Å². The second kappa shape index (κ2) is 27.6. The van der Waals surface area contributed by atoms with Crippen LogP contribution in [-0.4, -0.2) is 72.7 Å². The number of aryl methyl sites for hydroxylation is 4. The summed E-state index contributed by atoms with van der Waals surface area (Å²) < 4.78 is 80.3. The van der Waals surface area contributed by atoms with Crippen molar-refractivity contribution in [3.05, 3.63) is 140 Å². The highest BCUT2D eigenvalue weighted by atomic mass is 35.5. The van der Waals surface area contributed by atoms with Crippen molar-refractivity contribution in [3.63, 3.8) is 0 Å². The number of aromatic nitrogens is 10. The van der Waals surface area contributed by atoms with E-state index in [0.29, 0.717) is 48.0 Å². The standard InChI is InChI=1S/C24H29FN5O4PS.C23H26FN5S.C7H16ClO4P/c1-6-30-18(10-22(27-30)24(3,4)5)11-23-26-20(13-36-23)17-7-8-21(19(25)9-17)28-12-16(2)29(14-28)15-34-35(31,32)33;1-6-29-17(10-21(27-29)23(3,4)5)11-22-26-19(13-30-22)16-7-8-20(18(24)9-16)28-12-15(2)25-14-28;1-3-5-10-13(9,12-7-8)11-6-4-2/h7-10,12-14H,6,11,15H2,1-5H3,(H-,31,32,33);7-10,12-14H,6,11H2,1-5H3;3-7H2,1-2H3/p+1. The largest absolute Gasteiger partial charge is 0.475 e. The Morgan fingerprint density at radius 3 is 1.67 bits per heavy atom. The molecule has 0 aliphatic rings. The van der Waals surface area contributed by atoms with Crippen molar-refractivity contribution >= 4 is 49.9 Å². The van der Waals surface area contributed by atoms with Crippen LogP contribution in [0.2, 0.25) is 0 Å². The van der Waals surface area contributed by atoms with Crippen molar-refractivity contribution in [1.82, 2.24) is 43.6 Å². The van der Waals surface area contributed by atoms with Crippen molar-refractivity contribution in [3.8, 4) is 33.9 Å². The zero-order valence-electron chi connectivity index (χ0n) is 46.8. The van der Waals surface area contributed by atoms with Gasteiger partial charge in [0.15, 0.2) is 11.5 Å². The number of halogens is 3. The summed E-state index contributed by atoms with van der Waals surface area (Å²) in [5.41, 5.74) is 9.58. The third kappa shape index (κ3) is 17.7. The molecule has 25 heteroatoms. The lowest BCUT2D eigenvalue weighted by Crippen LogP contribution is -2.29. The van der Waals surface area contributed by atoms with Gasteiger partial charge in [-0.3, -0.25) is 22.9 Å². The quantitative estimate of drug-likeness (QED) is 0.0391. The first kappa shape index (κ1) is 63.1. The van der Waals surface area contributed by atoms with Crippen LogP contribution in [0, 0.1) is 25.5 Å². The number of nitrogens with zero attached hydrogens (tertiary/aromatic N) is 10. The molecule has 6 heterocycles. The molecule has 0 unspecified atom stereocenters. The fraction of sp³-hybridized carbons (Fsp3) is 0.444.